The van der Waals surface area contributed by atoms with Crippen LogP contribution in [0.3, 0.4) is 0 Å². The van der Waals surface area contributed by atoms with Crippen molar-refractivity contribution < 1.29 is 63.9 Å². The Kier molecular flexibility index (Phi) is 10.8. The second kappa shape index (κ2) is 12.7. The molecule has 2 fully saturated rings. The van der Waals surface area contributed by atoms with Crippen LogP contribution in [0.1, 0.15) is 40.5 Å². The van der Waals surface area contributed by atoms with Gasteiger partial charge in [-0.2, -0.15) is 0 Å². The maximum atomic E-state index is 12.4. The van der Waals surface area contributed by atoms with Crippen LogP contribution in [0.2, 0.25) is 0 Å². The Morgan fingerprint density at radius 2 is 1.34 bits per heavy atom. The highest BCUT2D eigenvalue weighted by molar-refractivity contribution is 5.70. The lowest BCUT2D eigenvalue weighted by molar-refractivity contribution is -0.384. The molecule has 13 nitrogen and oxygen atoms in total. The Balaban J connectivity index is 2.35. The molecule has 2 rings (SSSR count). The van der Waals surface area contributed by atoms with Crippen LogP contribution in [0.4, 0.5) is 0 Å². The Bertz CT molecular complexity index is 701. The SMILES string of the molecule is CC(C)CC(=O)O[C@H]1[C@@H](O[C@]2(CO)O[C@H](CO)[C@@H](O)[C@@H]2O)O[C@H](CO)[C@@H](OC(=O)CC(C)C)[C@@H]1O. The van der Waals surface area contributed by atoms with Crippen LogP contribution >= 0.6 is 0 Å². The van der Waals surface area contributed by atoms with E-state index in [1.807, 2.05) is 0 Å². The van der Waals surface area contributed by atoms with E-state index in [9.17, 15) is 40.2 Å². The lowest BCUT2D eigenvalue weighted by atomic mass is 9.97. The van der Waals surface area contributed by atoms with Gasteiger partial charge in [-0.05, 0) is 11.8 Å². The molecule has 0 radical (unpaired) electrons. The van der Waals surface area contributed by atoms with Crippen molar-refractivity contribution in [3.63, 3.8) is 0 Å². The van der Waals surface area contributed by atoms with Crippen molar-refractivity contribution in [3.8, 4) is 0 Å². The molecule has 0 bridgehead atoms. The molecule has 0 unspecified atom stereocenters. The van der Waals surface area contributed by atoms with Gasteiger partial charge in [0.2, 0.25) is 12.1 Å². The fourth-order valence-corrected chi connectivity index (χ4v) is 3.94. The third-order valence-electron chi connectivity index (χ3n) is 5.70. The zero-order chi connectivity index (χ0) is 26.5. The number of carbonyl (C=O) groups is 2. The number of ether oxygens (including phenoxy) is 5. The molecular weight excluding hydrogens is 472 g/mol. The molecule has 9 atom stereocenters. The number of hydrogen-bond acceptors (Lipinski definition) is 13. The van der Waals surface area contributed by atoms with Crippen molar-refractivity contribution in [1.82, 2.24) is 0 Å². The Morgan fingerprint density at radius 1 is 0.829 bits per heavy atom. The normalized spacial score (nSPS) is 37.6. The highest BCUT2D eigenvalue weighted by Crippen LogP contribution is 2.37. The summed E-state index contributed by atoms with van der Waals surface area (Å²) >= 11 is 0. The molecule has 0 aliphatic carbocycles. The number of rotatable bonds is 11. The molecule has 2 heterocycles. The minimum atomic E-state index is -2.32. The van der Waals surface area contributed by atoms with Gasteiger partial charge in [-0.3, -0.25) is 9.59 Å². The van der Waals surface area contributed by atoms with E-state index in [0.717, 1.165) is 0 Å². The van der Waals surface area contributed by atoms with Gasteiger partial charge in [0.25, 0.3) is 0 Å². The fraction of sp³-hybridized carbons (Fsp3) is 0.909. The lowest BCUT2D eigenvalue weighted by Crippen LogP contribution is -2.64. The van der Waals surface area contributed by atoms with E-state index in [0.29, 0.717) is 0 Å². The molecule has 0 amide bonds. The van der Waals surface area contributed by atoms with Crippen LogP contribution < -0.4 is 0 Å². The number of hydrogen-bond donors (Lipinski definition) is 6. The molecule has 0 spiro atoms. The smallest absolute Gasteiger partial charge is 0.306 e. The third-order valence-corrected chi connectivity index (χ3v) is 5.70. The molecule has 2 saturated heterocycles. The van der Waals surface area contributed by atoms with E-state index in [4.69, 9.17) is 23.7 Å². The Hall–Kier alpha value is -1.42. The van der Waals surface area contributed by atoms with Crippen LogP contribution in [0.25, 0.3) is 0 Å². The highest BCUT2D eigenvalue weighted by Gasteiger charge is 2.59. The van der Waals surface area contributed by atoms with Gasteiger partial charge in [0, 0.05) is 12.8 Å². The first-order valence-corrected chi connectivity index (χ1v) is 11.7. The molecular formula is C22H38O13. The van der Waals surface area contributed by atoms with Crippen molar-refractivity contribution in [2.45, 2.75) is 95.3 Å². The van der Waals surface area contributed by atoms with Gasteiger partial charge in [-0.25, -0.2) is 0 Å². The highest BCUT2D eigenvalue weighted by atomic mass is 16.8. The third kappa shape index (κ3) is 7.08. The average molecular weight is 511 g/mol. The van der Waals surface area contributed by atoms with Crippen LogP contribution in [-0.4, -0.2) is 117 Å². The van der Waals surface area contributed by atoms with E-state index in [-0.39, 0.29) is 24.7 Å². The summed E-state index contributed by atoms with van der Waals surface area (Å²) in [6.07, 6.45) is -12.7. The van der Waals surface area contributed by atoms with Gasteiger partial charge in [-0.1, -0.05) is 27.7 Å². The molecule has 204 valence electrons. The van der Waals surface area contributed by atoms with Crippen LogP contribution in [0.15, 0.2) is 0 Å². The first kappa shape index (κ1) is 29.8. The van der Waals surface area contributed by atoms with Crippen molar-refractivity contribution >= 4 is 11.9 Å². The summed E-state index contributed by atoms with van der Waals surface area (Å²) in [5.41, 5.74) is 0. The summed E-state index contributed by atoms with van der Waals surface area (Å²) in [5, 5.41) is 60.8. The summed E-state index contributed by atoms with van der Waals surface area (Å²) in [4.78, 5) is 24.7. The lowest BCUT2D eigenvalue weighted by Gasteiger charge is -2.45. The summed E-state index contributed by atoms with van der Waals surface area (Å²) in [6.45, 7) is 4.64. The first-order chi connectivity index (χ1) is 16.4. The number of aliphatic hydroxyl groups excluding tert-OH is 6. The van der Waals surface area contributed by atoms with Gasteiger partial charge >= 0.3 is 11.9 Å². The Morgan fingerprint density at radius 3 is 1.77 bits per heavy atom. The zero-order valence-electron chi connectivity index (χ0n) is 20.4. The summed E-state index contributed by atoms with van der Waals surface area (Å²) in [7, 11) is 0. The van der Waals surface area contributed by atoms with E-state index >= 15 is 0 Å². The molecule has 2 aliphatic rings. The van der Waals surface area contributed by atoms with Crippen molar-refractivity contribution in [2.24, 2.45) is 11.8 Å². The minimum Gasteiger partial charge on any atom is -0.457 e. The quantitative estimate of drug-likeness (QED) is 0.164. The van der Waals surface area contributed by atoms with E-state index < -0.39 is 86.6 Å². The van der Waals surface area contributed by atoms with Gasteiger partial charge in [-0.15, -0.1) is 0 Å². The van der Waals surface area contributed by atoms with Crippen molar-refractivity contribution in [2.75, 3.05) is 19.8 Å². The molecule has 0 saturated carbocycles. The van der Waals surface area contributed by atoms with Gasteiger partial charge in [0.15, 0.2) is 12.2 Å². The zero-order valence-corrected chi connectivity index (χ0v) is 20.4. The molecule has 0 aromatic rings. The van der Waals surface area contributed by atoms with Gasteiger partial charge < -0.3 is 54.3 Å². The summed E-state index contributed by atoms with van der Waals surface area (Å²) in [6, 6.07) is 0. The van der Waals surface area contributed by atoms with E-state index in [1.54, 1.807) is 27.7 Å². The first-order valence-electron chi connectivity index (χ1n) is 11.7. The minimum absolute atomic E-state index is 0.0210. The maximum Gasteiger partial charge on any atom is 0.306 e. The predicted octanol–water partition coefficient (Wildman–Crippen LogP) is -2.20. The summed E-state index contributed by atoms with van der Waals surface area (Å²) in [5.74, 6) is -3.88. The molecule has 35 heavy (non-hydrogen) atoms. The molecule has 0 aromatic heterocycles. The second-order valence-electron chi connectivity index (χ2n) is 9.68. The fourth-order valence-electron chi connectivity index (χ4n) is 3.94. The maximum absolute atomic E-state index is 12.4. The second-order valence-corrected chi connectivity index (χ2v) is 9.68. The summed E-state index contributed by atoms with van der Waals surface area (Å²) < 4.78 is 27.4. The molecule has 13 heteroatoms. The number of carbonyl (C=O) groups excluding carboxylic acids is 2. The van der Waals surface area contributed by atoms with Crippen molar-refractivity contribution in [3.05, 3.63) is 0 Å². The van der Waals surface area contributed by atoms with E-state index in [1.165, 1.54) is 0 Å². The Labute approximate surface area is 203 Å². The molecule has 2 aliphatic heterocycles. The standard InChI is InChI=1S/C22H38O13/c1-10(2)5-14(26)32-18-13(8-24)31-21(19(17(18)29)33-15(27)6-11(3)4)35-22(9-25)20(30)16(28)12(7-23)34-22/h10-13,16-21,23-25,28-30H,5-9H2,1-4H3/t12-,13-,16-,17+,18-,19-,20+,21-,22+/m1/s1. The predicted molar refractivity (Wildman–Crippen MR) is 115 cm³/mol. The topological polar surface area (TPSA) is 202 Å². The largest absolute Gasteiger partial charge is 0.457 e. The van der Waals surface area contributed by atoms with Crippen LogP contribution in [0, 0.1) is 11.8 Å². The van der Waals surface area contributed by atoms with Gasteiger partial charge in [0.05, 0.1) is 13.2 Å². The van der Waals surface area contributed by atoms with Gasteiger partial charge in [0.1, 0.15) is 37.1 Å². The average Bonchev–Trinajstić information content (AvgIpc) is 3.01. The molecule has 6 N–H and O–H groups in total. The van der Waals surface area contributed by atoms with Crippen molar-refractivity contribution in [1.29, 1.82) is 0 Å². The van der Waals surface area contributed by atoms with Crippen LogP contribution in [-0.2, 0) is 33.3 Å². The molecule has 0 aromatic carbocycles. The monoisotopic (exact) mass is 510 g/mol. The number of esters is 2. The van der Waals surface area contributed by atoms with E-state index in [2.05, 4.69) is 0 Å². The number of aliphatic hydroxyl groups is 6. The van der Waals surface area contributed by atoms with Crippen LogP contribution in [0.5, 0.6) is 0 Å².